The van der Waals surface area contributed by atoms with Crippen molar-refractivity contribution in [1.29, 1.82) is 5.26 Å². The van der Waals surface area contributed by atoms with Crippen LogP contribution in [0.15, 0.2) is 46.2 Å². The Morgan fingerprint density at radius 1 is 1.17 bits per heavy atom. The molecule has 0 aliphatic rings. The Hall–Kier alpha value is -2.68. The van der Waals surface area contributed by atoms with Crippen molar-refractivity contribution in [2.45, 2.75) is 6.54 Å². The SMILES string of the molecule is N#CCn1ccn(-c2ccccc2F)c(=O)c1=O. The third-order valence-electron chi connectivity index (χ3n) is 2.41. The highest BCUT2D eigenvalue weighted by atomic mass is 19.1. The summed E-state index contributed by atoms with van der Waals surface area (Å²) in [7, 11) is 0. The first-order chi connectivity index (χ1) is 8.65. The van der Waals surface area contributed by atoms with Gasteiger partial charge in [-0.3, -0.25) is 18.7 Å². The van der Waals surface area contributed by atoms with E-state index in [1.165, 1.54) is 30.6 Å². The molecule has 0 spiro atoms. The van der Waals surface area contributed by atoms with E-state index in [2.05, 4.69) is 0 Å². The second-order valence-corrected chi connectivity index (χ2v) is 3.52. The second-order valence-electron chi connectivity index (χ2n) is 3.52. The maximum Gasteiger partial charge on any atom is 0.321 e. The molecule has 0 bridgehead atoms. The van der Waals surface area contributed by atoms with Gasteiger partial charge in [0, 0.05) is 12.4 Å². The van der Waals surface area contributed by atoms with E-state index in [0.29, 0.717) is 0 Å². The third kappa shape index (κ3) is 1.94. The lowest BCUT2D eigenvalue weighted by atomic mass is 10.3. The first kappa shape index (κ1) is 11.8. The molecule has 0 N–H and O–H groups in total. The van der Waals surface area contributed by atoms with Gasteiger partial charge in [0.15, 0.2) is 0 Å². The quantitative estimate of drug-likeness (QED) is 0.730. The predicted octanol–water partition coefficient (Wildman–Crippen LogP) is 0.662. The van der Waals surface area contributed by atoms with Crippen molar-refractivity contribution in [3.8, 4) is 11.8 Å². The monoisotopic (exact) mass is 245 g/mol. The first-order valence-electron chi connectivity index (χ1n) is 5.09. The number of hydrogen-bond donors (Lipinski definition) is 0. The molecular weight excluding hydrogens is 237 g/mol. The number of para-hydroxylation sites is 1. The fourth-order valence-corrected chi connectivity index (χ4v) is 1.55. The van der Waals surface area contributed by atoms with E-state index in [1.807, 2.05) is 0 Å². The summed E-state index contributed by atoms with van der Waals surface area (Å²) in [4.78, 5) is 23.4. The second kappa shape index (κ2) is 4.67. The van der Waals surface area contributed by atoms with Gasteiger partial charge in [-0.05, 0) is 12.1 Å². The Bertz CT molecular complexity index is 740. The molecule has 1 aromatic carbocycles. The molecule has 0 fully saturated rings. The van der Waals surface area contributed by atoms with Crippen molar-refractivity contribution in [3.05, 3.63) is 63.2 Å². The van der Waals surface area contributed by atoms with Gasteiger partial charge < -0.3 is 0 Å². The van der Waals surface area contributed by atoms with Crippen molar-refractivity contribution < 1.29 is 4.39 Å². The number of nitriles is 1. The van der Waals surface area contributed by atoms with Crippen molar-refractivity contribution in [1.82, 2.24) is 9.13 Å². The molecule has 2 aromatic rings. The van der Waals surface area contributed by atoms with Crippen molar-refractivity contribution in [3.63, 3.8) is 0 Å². The molecule has 90 valence electrons. The molecule has 0 aliphatic heterocycles. The van der Waals surface area contributed by atoms with Gasteiger partial charge in [-0.2, -0.15) is 5.26 Å². The van der Waals surface area contributed by atoms with Gasteiger partial charge in [0.1, 0.15) is 12.4 Å². The largest absolute Gasteiger partial charge is 0.321 e. The number of benzene rings is 1. The van der Waals surface area contributed by atoms with Gasteiger partial charge in [-0.25, -0.2) is 4.39 Å². The number of rotatable bonds is 2. The maximum absolute atomic E-state index is 13.5. The van der Waals surface area contributed by atoms with Crippen molar-refractivity contribution in [2.24, 2.45) is 0 Å². The highest BCUT2D eigenvalue weighted by Crippen LogP contribution is 2.09. The number of hydrogen-bond acceptors (Lipinski definition) is 3. The molecule has 0 saturated carbocycles. The zero-order chi connectivity index (χ0) is 13.1. The van der Waals surface area contributed by atoms with Crippen LogP contribution in [0.5, 0.6) is 0 Å². The van der Waals surface area contributed by atoms with Gasteiger partial charge in [-0.1, -0.05) is 12.1 Å². The summed E-state index contributed by atoms with van der Waals surface area (Å²) >= 11 is 0. The molecule has 0 radical (unpaired) electrons. The summed E-state index contributed by atoms with van der Waals surface area (Å²) in [5, 5.41) is 8.49. The fourth-order valence-electron chi connectivity index (χ4n) is 1.55. The van der Waals surface area contributed by atoms with E-state index in [9.17, 15) is 14.0 Å². The molecule has 0 saturated heterocycles. The topological polar surface area (TPSA) is 67.8 Å². The number of aromatic nitrogens is 2. The van der Waals surface area contributed by atoms with Gasteiger partial charge in [-0.15, -0.1) is 0 Å². The Morgan fingerprint density at radius 2 is 1.89 bits per heavy atom. The summed E-state index contributed by atoms with van der Waals surface area (Å²) in [5.41, 5.74) is -1.75. The van der Waals surface area contributed by atoms with E-state index in [-0.39, 0.29) is 12.2 Å². The highest BCUT2D eigenvalue weighted by Gasteiger charge is 2.09. The summed E-state index contributed by atoms with van der Waals surface area (Å²) < 4.78 is 15.4. The van der Waals surface area contributed by atoms with Crippen molar-refractivity contribution in [2.75, 3.05) is 0 Å². The zero-order valence-corrected chi connectivity index (χ0v) is 9.21. The van der Waals surface area contributed by atoms with Crippen LogP contribution in [0.2, 0.25) is 0 Å². The van der Waals surface area contributed by atoms with Crippen LogP contribution >= 0.6 is 0 Å². The van der Waals surface area contributed by atoms with E-state index in [0.717, 1.165) is 9.13 Å². The van der Waals surface area contributed by atoms with Crippen LogP contribution in [0.4, 0.5) is 4.39 Å². The summed E-state index contributed by atoms with van der Waals surface area (Å²) in [6.07, 6.45) is 2.54. The van der Waals surface area contributed by atoms with Gasteiger partial charge in [0.2, 0.25) is 0 Å². The molecule has 0 amide bonds. The minimum atomic E-state index is -0.891. The van der Waals surface area contributed by atoms with Crippen LogP contribution in [0.25, 0.3) is 5.69 Å². The van der Waals surface area contributed by atoms with Crippen LogP contribution in [-0.2, 0) is 6.54 Å². The van der Waals surface area contributed by atoms with E-state index < -0.39 is 16.9 Å². The maximum atomic E-state index is 13.5. The molecule has 0 unspecified atom stereocenters. The molecule has 2 rings (SSSR count). The lowest BCUT2D eigenvalue weighted by Gasteiger charge is -2.07. The van der Waals surface area contributed by atoms with E-state index in [1.54, 1.807) is 12.1 Å². The molecule has 1 aromatic heterocycles. The molecule has 18 heavy (non-hydrogen) atoms. The first-order valence-corrected chi connectivity index (χ1v) is 5.09. The molecule has 0 aliphatic carbocycles. The van der Waals surface area contributed by atoms with Crippen LogP contribution < -0.4 is 11.1 Å². The Morgan fingerprint density at radius 3 is 2.56 bits per heavy atom. The van der Waals surface area contributed by atoms with Crippen LogP contribution in [0.1, 0.15) is 0 Å². The Balaban J connectivity index is 2.67. The van der Waals surface area contributed by atoms with E-state index in [4.69, 9.17) is 5.26 Å². The van der Waals surface area contributed by atoms with Gasteiger partial charge in [0.25, 0.3) is 0 Å². The average Bonchev–Trinajstić information content (AvgIpc) is 2.37. The molecular formula is C12H8FN3O2. The molecule has 6 heteroatoms. The number of nitrogens with zero attached hydrogens (tertiary/aromatic N) is 3. The fraction of sp³-hybridized carbons (Fsp3) is 0.0833. The average molecular weight is 245 g/mol. The standard InChI is InChI=1S/C12H8FN3O2/c13-9-3-1-2-4-10(9)16-8-7-15(6-5-14)11(17)12(16)18/h1-4,7-8H,6H2. The Kier molecular flexibility index (Phi) is 3.06. The Labute approximate surface area is 101 Å². The van der Waals surface area contributed by atoms with Gasteiger partial charge in [0.05, 0.1) is 11.8 Å². The summed E-state index contributed by atoms with van der Waals surface area (Å²) in [6.45, 7) is -0.216. The zero-order valence-electron chi connectivity index (χ0n) is 9.21. The number of halogens is 1. The highest BCUT2D eigenvalue weighted by molar-refractivity contribution is 5.33. The van der Waals surface area contributed by atoms with Gasteiger partial charge >= 0.3 is 11.1 Å². The van der Waals surface area contributed by atoms with Crippen LogP contribution in [-0.4, -0.2) is 9.13 Å². The molecule has 1 heterocycles. The molecule has 5 nitrogen and oxygen atoms in total. The van der Waals surface area contributed by atoms with E-state index >= 15 is 0 Å². The normalized spacial score (nSPS) is 10.0. The smallest absolute Gasteiger partial charge is 0.295 e. The minimum absolute atomic E-state index is 0.00343. The summed E-state index contributed by atoms with van der Waals surface area (Å²) in [6, 6.07) is 7.40. The summed E-state index contributed by atoms with van der Waals surface area (Å²) in [5.74, 6) is -0.600. The third-order valence-corrected chi connectivity index (χ3v) is 2.41. The van der Waals surface area contributed by atoms with Crippen LogP contribution in [0, 0.1) is 17.1 Å². The predicted molar refractivity (Wildman–Crippen MR) is 61.9 cm³/mol. The van der Waals surface area contributed by atoms with Crippen molar-refractivity contribution >= 4 is 0 Å². The lowest BCUT2D eigenvalue weighted by molar-refractivity contribution is 0.612. The minimum Gasteiger partial charge on any atom is -0.295 e. The lowest BCUT2D eigenvalue weighted by Crippen LogP contribution is -2.40. The van der Waals surface area contributed by atoms with Crippen LogP contribution in [0.3, 0.4) is 0 Å². The molecule has 0 atom stereocenters.